The highest BCUT2D eigenvalue weighted by molar-refractivity contribution is 5.78. The molecule has 3 aromatic rings. The predicted octanol–water partition coefficient (Wildman–Crippen LogP) is 2.67. The monoisotopic (exact) mass is 455 g/mol. The number of esters is 1. The van der Waals surface area contributed by atoms with Crippen LogP contribution in [-0.2, 0) is 25.5 Å². The third-order valence-electron chi connectivity index (χ3n) is 4.42. The van der Waals surface area contributed by atoms with Gasteiger partial charge in [-0.05, 0) is 39.0 Å². The molecule has 0 fully saturated rings. The summed E-state index contributed by atoms with van der Waals surface area (Å²) in [6.45, 7) is 6.90. The van der Waals surface area contributed by atoms with Crippen LogP contribution in [0.1, 0.15) is 20.8 Å². The Bertz CT molecular complexity index is 1080. The topological polar surface area (TPSA) is 135 Å². The molecule has 0 radical (unpaired) electrons. The van der Waals surface area contributed by atoms with Gasteiger partial charge in [0.25, 0.3) is 0 Å². The van der Waals surface area contributed by atoms with Gasteiger partial charge in [-0.3, -0.25) is 4.68 Å². The van der Waals surface area contributed by atoms with Crippen molar-refractivity contribution in [1.82, 2.24) is 20.0 Å². The maximum atomic E-state index is 11.6. The van der Waals surface area contributed by atoms with Gasteiger partial charge in [-0.2, -0.15) is 5.10 Å². The van der Waals surface area contributed by atoms with Crippen LogP contribution in [0.25, 0.3) is 22.4 Å². The summed E-state index contributed by atoms with van der Waals surface area (Å²) in [5, 5.41) is 22.5. The smallest absolute Gasteiger partial charge is 0.332 e. The van der Waals surface area contributed by atoms with Gasteiger partial charge in [0.2, 0.25) is 0 Å². The van der Waals surface area contributed by atoms with Crippen LogP contribution in [0.15, 0.2) is 42.7 Å². The van der Waals surface area contributed by atoms with Gasteiger partial charge in [0.1, 0.15) is 18.0 Å². The largest absolute Gasteiger partial charge is 0.507 e. The van der Waals surface area contributed by atoms with E-state index in [0.717, 1.165) is 5.56 Å². The van der Waals surface area contributed by atoms with E-state index in [4.69, 9.17) is 19.9 Å². The molecule has 0 spiro atoms. The molecule has 176 valence electrons. The summed E-state index contributed by atoms with van der Waals surface area (Å²) in [6, 6.07) is 8.68. The van der Waals surface area contributed by atoms with Crippen molar-refractivity contribution in [2.24, 2.45) is 0 Å². The van der Waals surface area contributed by atoms with E-state index in [0.29, 0.717) is 36.6 Å². The minimum atomic E-state index is -0.526. The lowest BCUT2D eigenvalue weighted by atomic mass is 10.1. The Labute approximate surface area is 192 Å². The first-order valence-corrected chi connectivity index (χ1v) is 10.5. The second-order valence-electron chi connectivity index (χ2n) is 8.29. The molecule has 0 saturated heterocycles. The van der Waals surface area contributed by atoms with Crippen LogP contribution in [-0.4, -0.2) is 63.1 Å². The number of aromatic hydroxyl groups is 1. The molecule has 33 heavy (non-hydrogen) atoms. The number of nitrogen functional groups attached to an aromatic ring is 1. The van der Waals surface area contributed by atoms with Crippen LogP contribution in [0.5, 0.6) is 5.75 Å². The zero-order chi connectivity index (χ0) is 23.8. The van der Waals surface area contributed by atoms with Crippen molar-refractivity contribution in [1.29, 1.82) is 0 Å². The third-order valence-corrected chi connectivity index (χ3v) is 4.42. The Kier molecular flexibility index (Phi) is 7.96. The first kappa shape index (κ1) is 24.1. The van der Waals surface area contributed by atoms with E-state index in [-0.39, 0.29) is 24.8 Å². The quantitative estimate of drug-likeness (QED) is 0.349. The van der Waals surface area contributed by atoms with Gasteiger partial charge in [-0.1, -0.05) is 12.1 Å². The number of anilines is 1. The molecular formula is C23H29N5O5. The maximum Gasteiger partial charge on any atom is 0.332 e. The first-order chi connectivity index (χ1) is 15.7. The number of ether oxygens (including phenoxy) is 3. The summed E-state index contributed by atoms with van der Waals surface area (Å²) >= 11 is 0. The van der Waals surface area contributed by atoms with Crippen LogP contribution in [0.3, 0.4) is 0 Å². The van der Waals surface area contributed by atoms with Crippen molar-refractivity contribution in [2.45, 2.75) is 32.9 Å². The van der Waals surface area contributed by atoms with Crippen molar-refractivity contribution in [2.75, 3.05) is 32.2 Å². The summed E-state index contributed by atoms with van der Waals surface area (Å²) in [4.78, 5) is 11.6. The fourth-order valence-electron chi connectivity index (χ4n) is 2.98. The fourth-order valence-corrected chi connectivity index (χ4v) is 2.98. The van der Waals surface area contributed by atoms with Gasteiger partial charge < -0.3 is 25.1 Å². The van der Waals surface area contributed by atoms with Crippen molar-refractivity contribution in [3.8, 4) is 28.1 Å². The summed E-state index contributed by atoms with van der Waals surface area (Å²) in [5.74, 6) is -0.0142. The van der Waals surface area contributed by atoms with Crippen LogP contribution in [0, 0.1) is 0 Å². The number of rotatable bonds is 10. The molecule has 10 heteroatoms. The average molecular weight is 456 g/mol. The van der Waals surface area contributed by atoms with Crippen molar-refractivity contribution < 1.29 is 24.1 Å². The molecule has 2 heterocycles. The lowest BCUT2D eigenvalue weighted by molar-refractivity contribution is -0.160. The number of benzene rings is 1. The summed E-state index contributed by atoms with van der Waals surface area (Å²) in [6.07, 6.45) is 3.52. The van der Waals surface area contributed by atoms with Crippen LogP contribution < -0.4 is 5.73 Å². The van der Waals surface area contributed by atoms with Crippen molar-refractivity contribution in [3.63, 3.8) is 0 Å². The normalized spacial score (nSPS) is 11.5. The van der Waals surface area contributed by atoms with Gasteiger partial charge >= 0.3 is 5.97 Å². The highest BCUT2D eigenvalue weighted by atomic mass is 16.6. The van der Waals surface area contributed by atoms with E-state index in [1.54, 1.807) is 55.9 Å². The van der Waals surface area contributed by atoms with Gasteiger partial charge in [0.05, 0.1) is 38.3 Å². The second-order valence-corrected chi connectivity index (χ2v) is 8.29. The molecule has 0 saturated carbocycles. The molecule has 0 amide bonds. The Morgan fingerprint density at radius 1 is 1.09 bits per heavy atom. The maximum absolute atomic E-state index is 11.6. The Balaban J connectivity index is 1.47. The lowest BCUT2D eigenvalue weighted by Gasteiger charge is -2.19. The Morgan fingerprint density at radius 3 is 2.61 bits per heavy atom. The molecule has 10 nitrogen and oxygen atoms in total. The van der Waals surface area contributed by atoms with Crippen LogP contribution in [0.2, 0.25) is 0 Å². The molecule has 2 aromatic heterocycles. The molecule has 0 atom stereocenters. The number of carbonyl (C=O) groups excluding carboxylic acids is 1. The highest BCUT2D eigenvalue weighted by Gasteiger charge is 2.16. The molecule has 0 bridgehead atoms. The number of carbonyl (C=O) groups is 1. The zero-order valence-corrected chi connectivity index (χ0v) is 19.0. The predicted molar refractivity (Wildman–Crippen MR) is 122 cm³/mol. The number of aromatic nitrogens is 4. The molecule has 3 N–H and O–H groups in total. The van der Waals surface area contributed by atoms with E-state index in [1.165, 1.54) is 0 Å². The van der Waals surface area contributed by atoms with E-state index in [1.807, 2.05) is 12.3 Å². The number of phenols is 1. The SMILES string of the molecule is CC(C)(C)OC(=O)COCCOCCn1cc(-c2cc(-c3ccccc3O)nnc2N)cn1. The molecule has 0 aliphatic heterocycles. The number of nitrogens with zero attached hydrogens (tertiary/aromatic N) is 4. The Hall–Kier alpha value is -3.50. The summed E-state index contributed by atoms with van der Waals surface area (Å²) in [5.41, 5.74) is 8.03. The fraction of sp³-hybridized carbons (Fsp3) is 0.391. The zero-order valence-electron chi connectivity index (χ0n) is 19.0. The molecule has 0 aliphatic carbocycles. The number of para-hydroxylation sites is 1. The minimum Gasteiger partial charge on any atom is -0.507 e. The first-order valence-electron chi connectivity index (χ1n) is 10.5. The van der Waals surface area contributed by atoms with Crippen LogP contribution >= 0.6 is 0 Å². The summed E-state index contributed by atoms with van der Waals surface area (Å²) < 4.78 is 17.7. The molecule has 0 unspecified atom stereocenters. The van der Waals surface area contributed by atoms with E-state index in [9.17, 15) is 9.90 Å². The second kappa shape index (κ2) is 10.9. The molecule has 3 rings (SSSR count). The molecule has 0 aliphatic rings. The van der Waals surface area contributed by atoms with E-state index in [2.05, 4.69) is 15.3 Å². The molecular weight excluding hydrogens is 426 g/mol. The third kappa shape index (κ3) is 7.26. The van der Waals surface area contributed by atoms with E-state index >= 15 is 0 Å². The number of hydrogen-bond acceptors (Lipinski definition) is 9. The molecule has 1 aromatic carbocycles. The van der Waals surface area contributed by atoms with Gasteiger partial charge in [0.15, 0.2) is 5.82 Å². The Morgan fingerprint density at radius 2 is 1.85 bits per heavy atom. The summed E-state index contributed by atoms with van der Waals surface area (Å²) in [7, 11) is 0. The number of nitrogens with two attached hydrogens (primary N) is 1. The van der Waals surface area contributed by atoms with Gasteiger partial charge in [-0.15, -0.1) is 10.2 Å². The van der Waals surface area contributed by atoms with Crippen molar-refractivity contribution in [3.05, 3.63) is 42.7 Å². The highest BCUT2D eigenvalue weighted by Crippen LogP contribution is 2.31. The standard InChI is InChI=1S/C23H29N5O5/c1-23(2,3)33-21(30)15-32-11-10-31-9-8-28-14-16(13-25-28)18-12-19(26-27-22(18)24)17-6-4-5-7-20(17)29/h4-7,12-14,29H,8-11,15H2,1-3H3,(H2,24,27). The minimum absolute atomic E-state index is 0.104. The van der Waals surface area contributed by atoms with Crippen LogP contribution in [0.4, 0.5) is 5.82 Å². The number of hydrogen-bond donors (Lipinski definition) is 2. The lowest BCUT2D eigenvalue weighted by Crippen LogP contribution is -2.27. The van der Waals surface area contributed by atoms with Gasteiger partial charge in [0, 0.05) is 22.9 Å². The van der Waals surface area contributed by atoms with E-state index < -0.39 is 11.6 Å². The van der Waals surface area contributed by atoms with Crippen molar-refractivity contribution >= 4 is 11.8 Å². The average Bonchev–Trinajstić information content (AvgIpc) is 3.21. The van der Waals surface area contributed by atoms with Gasteiger partial charge in [-0.25, -0.2) is 4.79 Å². The number of phenolic OH excluding ortho intramolecular Hbond substituents is 1.